The predicted molar refractivity (Wildman–Crippen MR) is 84.4 cm³/mol. The fourth-order valence-corrected chi connectivity index (χ4v) is 2.82. The van der Waals surface area contributed by atoms with Crippen molar-refractivity contribution in [3.8, 4) is 5.75 Å². The molecule has 124 valence electrons. The van der Waals surface area contributed by atoms with Crippen molar-refractivity contribution in [2.45, 2.75) is 37.8 Å². The number of carbonyl (C=O) groups excluding carboxylic acids is 2. The topological polar surface area (TPSA) is 76.7 Å². The molecule has 0 saturated carbocycles. The molecule has 23 heavy (non-hydrogen) atoms. The summed E-state index contributed by atoms with van der Waals surface area (Å²) in [7, 11) is 0. The van der Waals surface area contributed by atoms with E-state index in [0.717, 1.165) is 31.6 Å². The molecule has 2 atom stereocenters. The molecule has 0 aromatic heterocycles. The van der Waals surface area contributed by atoms with Crippen molar-refractivity contribution in [2.75, 3.05) is 19.8 Å². The first-order valence-corrected chi connectivity index (χ1v) is 8.13. The van der Waals surface area contributed by atoms with Crippen LogP contribution in [0, 0.1) is 0 Å². The molecule has 2 aliphatic heterocycles. The van der Waals surface area contributed by atoms with Gasteiger partial charge in [-0.1, -0.05) is 0 Å². The largest absolute Gasteiger partial charge is 0.491 e. The molecule has 2 heterocycles. The average Bonchev–Trinajstić information content (AvgIpc) is 3.22. The van der Waals surface area contributed by atoms with Crippen LogP contribution < -0.4 is 15.4 Å². The maximum atomic E-state index is 12.1. The van der Waals surface area contributed by atoms with E-state index in [1.807, 2.05) is 0 Å². The van der Waals surface area contributed by atoms with Gasteiger partial charge in [0.15, 0.2) is 0 Å². The molecule has 3 rings (SSSR count). The van der Waals surface area contributed by atoms with Crippen molar-refractivity contribution in [2.24, 2.45) is 0 Å². The molecule has 0 spiro atoms. The van der Waals surface area contributed by atoms with Gasteiger partial charge in [-0.2, -0.15) is 0 Å². The summed E-state index contributed by atoms with van der Waals surface area (Å²) in [6, 6.07) is 7.11. The van der Waals surface area contributed by atoms with Gasteiger partial charge in [0.2, 0.25) is 5.91 Å². The lowest BCUT2D eigenvalue weighted by molar-refractivity contribution is -0.119. The maximum absolute atomic E-state index is 12.1. The molecule has 6 nitrogen and oxygen atoms in total. The van der Waals surface area contributed by atoms with E-state index < -0.39 is 0 Å². The molecular weight excluding hydrogens is 296 g/mol. The molecule has 6 heteroatoms. The number of carbonyl (C=O) groups is 2. The van der Waals surface area contributed by atoms with Gasteiger partial charge in [-0.25, -0.2) is 0 Å². The zero-order valence-corrected chi connectivity index (χ0v) is 13.0. The molecule has 2 aliphatic rings. The Hall–Kier alpha value is -2.08. The molecule has 1 aromatic rings. The molecular formula is C17H22N2O4. The molecule has 2 saturated heterocycles. The van der Waals surface area contributed by atoms with Crippen LogP contribution in [0.4, 0.5) is 0 Å². The Kier molecular flexibility index (Phi) is 5.12. The smallest absolute Gasteiger partial charge is 0.251 e. The maximum Gasteiger partial charge on any atom is 0.251 e. The fourth-order valence-electron chi connectivity index (χ4n) is 2.82. The minimum absolute atomic E-state index is 0.0421. The third-order valence-corrected chi connectivity index (χ3v) is 4.17. The number of benzene rings is 1. The number of ether oxygens (including phenoxy) is 2. The highest BCUT2D eigenvalue weighted by Gasteiger charge is 2.21. The number of amides is 2. The second-order valence-corrected chi connectivity index (χ2v) is 5.98. The third-order valence-electron chi connectivity index (χ3n) is 4.17. The minimum Gasteiger partial charge on any atom is -0.491 e. The van der Waals surface area contributed by atoms with Crippen LogP contribution in [0.15, 0.2) is 24.3 Å². The fraction of sp³-hybridized carbons (Fsp3) is 0.529. The normalized spacial score (nSPS) is 23.6. The van der Waals surface area contributed by atoms with Gasteiger partial charge in [0.1, 0.15) is 12.4 Å². The van der Waals surface area contributed by atoms with Crippen molar-refractivity contribution >= 4 is 11.8 Å². The Labute approximate surface area is 135 Å². The first kappa shape index (κ1) is 15.8. The van der Waals surface area contributed by atoms with Crippen LogP contribution in [0.3, 0.4) is 0 Å². The Morgan fingerprint density at radius 3 is 2.78 bits per heavy atom. The number of hydrogen-bond acceptors (Lipinski definition) is 4. The molecule has 2 N–H and O–H groups in total. The van der Waals surface area contributed by atoms with E-state index in [1.165, 1.54) is 0 Å². The van der Waals surface area contributed by atoms with Crippen LogP contribution in [-0.4, -0.2) is 43.7 Å². The van der Waals surface area contributed by atoms with Crippen molar-refractivity contribution < 1.29 is 19.1 Å². The Balaban J connectivity index is 1.44. The number of nitrogens with one attached hydrogen (secondary N) is 2. The lowest BCUT2D eigenvalue weighted by Gasteiger charge is -2.13. The van der Waals surface area contributed by atoms with Crippen molar-refractivity contribution in [3.05, 3.63) is 29.8 Å². The number of hydrogen-bond donors (Lipinski definition) is 2. The summed E-state index contributed by atoms with van der Waals surface area (Å²) in [6.45, 7) is 1.82. The monoisotopic (exact) mass is 318 g/mol. The van der Waals surface area contributed by atoms with Crippen LogP contribution in [0.1, 0.15) is 36.0 Å². The van der Waals surface area contributed by atoms with Gasteiger partial charge in [0.05, 0.1) is 6.10 Å². The molecule has 0 aliphatic carbocycles. The predicted octanol–water partition coefficient (Wildman–Crippen LogP) is 1.25. The van der Waals surface area contributed by atoms with Crippen molar-refractivity contribution in [1.29, 1.82) is 0 Å². The summed E-state index contributed by atoms with van der Waals surface area (Å²) < 4.78 is 11.2. The summed E-state index contributed by atoms with van der Waals surface area (Å²) >= 11 is 0. The Bertz CT molecular complexity index is 552. The minimum atomic E-state index is -0.142. The highest BCUT2D eigenvalue weighted by Crippen LogP contribution is 2.16. The van der Waals surface area contributed by atoms with Crippen LogP contribution in [0.5, 0.6) is 5.75 Å². The highest BCUT2D eigenvalue weighted by atomic mass is 16.5. The van der Waals surface area contributed by atoms with Crippen LogP contribution in [0.2, 0.25) is 0 Å². The third kappa shape index (κ3) is 4.45. The Morgan fingerprint density at radius 1 is 1.30 bits per heavy atom. The van der Waals surface area contributed by atoms with Crippen molar-refractivity contribution in [3.63, 3.8) is 0 Å². The number of rotatable bonds is 6. The molecule has 0 unspecified atom stereocenters. The summed E-state index contributed by atoms with van der Waals surface area (Å²) in [5.74, 6) is 0.647. The van der Waals surface area contributed by atoms with Gasteiger partial charge in [0, 0.05) is 31.2 Å². The molecule has 0 radical (unpaired) electrons. The summed E-state index contributed by atoms with van der Waals surface area (Å²) in [5.41, 5.74) is 0.582. The van der Waals surface area contributed by atoms with Gasteiger partial charge >= 0.3 is 0 Å². The van der Waals surface area contributed by atoms with E-state index in [-0.39, 0.29) is 24.0 Å². The van der Waals surface area contributed by atoms with E-state index in [2.05, 4.69) is 10.6 Å². The summed E-state index contributed by atoms with van der Waals surface area (Å²) in [4.78, 5) is 23.2. The first-order chi connectivity index (χ1) is 11.2. The van der Waals surface area contributed by atoms with Gasteiger partial charge in [-0.3, -0.25) is 9.59 Å². The van der Waals surface area contributed by atoms with Crippen LogP contribution >= 0.6 is 0 Å². The lowest BCUT2D eigenvalue weighted by Crippen LogP contribution is -2.38. The average molecular weight is 318 g/mol. The zero-order valence-electron chi connectivity index (χ0n) is 13.0. The summed E-state index contributed by atoms with van der Waals surface area (Å²) in [5, 5.41) is 5.67. The lowest BCUT2D eigenvalue weighted by atomic mass is 10.2. The molecule has 0 bridgehead atoms. The second kappa shape index (κ2) is 7.46. The van der Waals surface area contributed by atoms with Gasteiger partial charge in [0.25, 0.3) is 5.91 Å². The van der Waals surface area contributed by atoms with Gasteiger partial charge in [-0.05, 0) is 43.5 Å². The highest BCUT2D eigenvalue weighted by molar-refractivity contribution is 5.94. The van der Waals surface area contributed by atoms with E-state index >= 15 is 0 Å². The standard InChI is InChI=1S/C17H22N2O4/c20-16-8-5-13(19-16)10-18-17(21)12-3-6-14(7-4-12)23-11-15-2-1-9-22-15/h3-4,6-7,13,15H,1-2,5,8-11H2,(H,18,21)(H,19,20)/t13-,15+/m1/s1. The van der Waals surface area contributed by atoms with Crippen LogP contribution in [-0.2, 0) is 9.53 Å². The van der Waals surface area contributed by atoms with Crippen LogP contribution in [0.25, 0.3) is 0 Å². The first-order valence-electron chi connectivity index (χ1n) is 8.13. The Morgan fingerprint density at radius 2 is 2.13 bits per heavy atom. The summed E-state index contributed by atoms with van der Waals surface area (Å²) in [6.07, 6.45) is 3.62. The molecule has 2 fully saturated rings. The van der Waals surface area contributed by atoms with Gasteiger partial charge < -0.3 is 20.1 Å². The zero-order chi connectivity index (χ0) is 16.1. The van der Waals surface area contributed by atoms with Gasteiger partial charge in [-0.15, -0.1) is 0 Å². The molecule has 1 aromatic carbocycles. The van der Waals surface area contributed by atoms with E-state index in [9.17, 15) is 9.59 Å². The SMILES string of the molecule is O=C1CC[C@H](CNC(=O)c2ccc(OC[C@@H]3CCCO3)cc2)N1. The van der Waals surface area contributed by atoms with E-state index in [1.54, 1.807) is 24.3 Å². The van der Waals surface area contributed by atoms with E-state index in [0.29, 0.717) is 25.1 Å². The van der Waals surface area contributed by atoms with E-state index in [4.69, 9.17) is 9.47 Å². The second-order valence-electron chi connectivity index (χ2n) is 5.98. The van der Waals surface area contributed by atoms with Crippen molar-refractivity contribution in [1.82, 2.24) is 10.6 Å². The quantitative estimate of drug-likeness (QED) is 0.828. The molecule has 2 amide bonds.